The standard InChI is InChI=1S/C23H21N3O5/c1-14-2-5-18(6-3-14)26-12-16(9-22(26)27)23(28)24-11-17-10-20(31-25-17)15-4-7-19-21(8-15)30-13-29-19/h2-8,10,16H,9,11-13H2,1H3,(H,24,28). The van der Waals surface area contributed by atoms with Crippen LogP contribution in [-0.4, -0.2) is 30.3 Å². The third-order valence-corrected chi connectivity index (χ3v) is 5.50. The molecule has 0 spiro atoms. The van der Waals surface area contributed by atoms with Gasteiger partial charge in [-0.15, -0.1) is 0 Å². The molecule has 0 bridgehead atoms. The Morgan fingerprint density at radius 3 is 2.77 bits per heavy atom. The van der Waals surface area contributed by atoms with E-state index in [0.29, 0.717) is 29.5 Å². The molecule has 1 N–H and O–H groups in total. The summed E-state index contributed by atoms with van der Waals surface area (Å²) >= 11 is 0. The van der Waals surface area contributed by atoms with Crippen molar-refractivity contribution in [1.82, 2.24) is 10.5 Å². The third-order valence-electron chi connectivity index (χ3n) is 5.50. The van der Waals surface area contributed by atoms with Crippen LogP contribution in [0.5, 0.6) is 11.5 Å². The summed E-state index contributed by atoms with van der Waals surface area (Å²) in [5, 5.41) is 6.90. The minimum absolute atomic E-state index is 0.0458. The molecule has 158 valence electrons. The van der Waals surface area contributed by atoms with Crippen LogP contribution in [0.25, 0.3) is 11.3 Å². The van der Waals surface area contributed by atoms with Crippen molar-refractivity contribution in [1.29, 1.82) is 0 Å². The Labute approximate surface area is 178 Å². The molecule has 1 unspecified atom stereocenters. The molecule has 1 fully saturated rings. The summed E-state index contributed by atoms with van der Waals surface area (Å²) in [6.45, 7) is 2.79. The fourth-order valence-corrected chi connectivity index (χ4v) is 3.76. The van der Waals surface area contributed by atoms with Crippen molar-refractivity contribution < 1.29 is 23.6 Å². The minimum Gasteiger partial charge on any atom is -0.454 e. The number of hydrogen-bond acceptors (Lipinski definition) is 6. The van der Waals surface area contributed by atoms with E-state index in [1.54, 1.807) is 11.0 Å². The Kier molecular flexibility index (Phi) is 4.82. The Balaban J connectivity index is 1.19. The van der Waals surface area contributed by atoms with E-state index in [0.717, 1.165) is 16.8 Å². The van der Waals surface area contributed by atoms with E-state index in [1.807, 2.05) is 49.4 Å². The van der Waals surface area contributed by atoms with Crippen LogP contribution in [0.3, 0.4) is 0 Å². The predicted molar refractivity (Wildman–Crippen MR) is 112 cm³/mol. The minimum atomic E-state index is -0.394. The third kappa shape index (κ3) is 3.84. The highest BCUT2D eigenvalue weighted by molar-refractivity contribution is 6.00. The zero-order valence-corrected chi connectivity index (χ0v) is 17.0. The van der Waals surface area contributed by atoms with E-state index >= 15 is 0 Å². The first-order valence-corrected chi connectivity index (χ1v) is 10.1. The van der Waals surface area contributed by atoms with Crippen LogP contribution in [-0.2, 0) is 16.1 Å². The lowest BCUT2D eigenvalue weighted by atomic mass is 10.1. The first kappa shape index (κ1) is 19.2. The van der Waals surface area contributed by atoms with Gasteiger partial charge in [0.15, 0.2) is 17.3 Å². The number of nitrogens with zero attached hydrogens (tertiary/aromatic N) is 2. The Morgan fingerprint density at radius 1 is 1.13 bits per heavy atom. The molecule has 0 aliphatic carbocycles. The zero-order valence-electron chi connectivity index (χ0n) is 17.0. The van der Waals surface area contributed by atoms with Gasteiger partial charge in [0.05, 0.1) is 12.5 Å². The second kappa shape index (κ2) is 7.79. The van der Waals surface area contributed by atoms with Gasteiger partial charge in [-0.25, -0.2) is 0 Å². The lowest BCUT2D eigenvalue weighted by Crippen LogP contribution is -2.32. The van der Waals surface area contributed by atoms with Crippen LogP contribution < -0.4 is 19.7 Å². The molecule has 2 aliphatic rings. The van der Waals surface area contributed by atoms with Crippen LogP contribution in [0.2, 0.25) is 0 Å². The molecule has 8 heteroatoms. The molecule has 3 heterocycles. The van der Waals surface area contributed by atoms with Crippen LogP contribution in [0.15, 0.2) is 53.1 Å². The zero-order chi connectivity index (χ0) is 21.4. The normalized spacial score (nSPS) is 17.3. The molecule has 3 aromatic rings. The number of aromatic nitrogens is 1. The number of amides is 2. The molecule has 2 aromatic carbocycles. The summed E-state index contributed by atoms with van der Waals surface area (Å²) < 4.78 is 16.1. The first-order valence-electron chi connectivity index (χ1n) is 10.1. The summed E-state index contributed by atoms with van der Waals surface area (Å²) in [6, 6.07) is 15.0. The van der Waals surface area contributed by atoms with Gasteiger partial charge < -0.3 is 24.2 Å². The van der Waals surface area contributed by atoms with Crippen molar-refractivity contribution >= 4 is 17.5 Å². The van der Waals surface area contributed by atoms with Gasteiger partial charge in [-0.3, -0.25) is 9.59 Å². The quantitative estimate of drug-likeness (QED) is 0.683. The van der Waals surface area contributed by atoms with Crippen molar-refractivity contribution in [2.24, 2.45) is 5.92 Å². The monoisotopic (exact) mass is 419 g/mol. The van der Waals surface area contributed by atoms with E-state index in [9.17, 15) is 9.59 Å². The number of rotatable bonds is 5. The molecule has 31 heavy (non-hydrogen) atoms. The SMILES string of the molecule is Cc1ccc(N2CC(C(=O)NCc3cc(-c4ccc5c(c4)OCO5)on3)CC2=O)cc1. The summed E-state index contributed by atoms with van der Waals surface area (Å²) in [6.07, 6.45) is 0.195. The van der Waals surface area contributed by atoms with E-state index < -0.39 is 5.92 Å². The van der Waals surface area contributed by atoms with Gasteiger partial charge >= 0.3 is 0 Å². The average Bonchev–Trinajstić information content (AvgIpc) is 3.51. The number of carbonyl (C=O) groups is 2. The number of nitrogens with one attached hydrogen (secondary N) is 1. The second-order valence-electron chi connectivity index (χ2n) is 7.71. The maximum atomic E-state index is 12.6. The van der Waals surface area contributed by atoms with Gasteiger partial charge in [-0.05, 0) is 37.3 Å². The van der Waals surface area contributed by atoms with E-state index in [4.69, 9.17) is 14.0 Å². The summed E-state index contributed by atoms with van der Waals surface area (Å²) in [5.41, 5.74) is 3.35. The molecule has 1 saturated heterocycles. The van der Waals surface area contributed by atoms with E-state index in [1.165, 1.54) is 0 Å². The fourth-order valence-electron chi connectivity index (χ4n) is 3.76. The topological polar surface area (TPSA) is 93.9 Å². The molecule has 1 atom stereocenters. The molecule has 2 amide bonds. The number of hydrogen-bond donors (Lipinski definition) is 1. The molecular formula is C23H21N3O5. The maximum Gasteiger partial charge on any atom is 0.231 e. The van der Waals surface area contributed by atoms with Gasteiger partial charge in [-0.1, -0.05) is 22.9 Å². The Bertz CT molecular complexity index is 1140. The van der Waals surface area contributed by atoms with Crippen molar-refractivity contribution in [2.75, 3.05) is 18.2 Å². The lowest BCUT2D eigenvalue weighted by molar-refractivity contribution is -0.126. The van der Waals surface area contributed by atoms with Gasteiger partial charge in [0.2, 0.25) is 18.6 Å². The van der Waals surface area contributed by atoms with Gasteiger partial charge in [0.1, 0.15) is 5.69 Å². The molecule has 2 aliphatic heterocycles. The number of benzene rings is 2. The van der Waals surface area contributed by atoms with Crippen LogP contribution in [0.4, 0.5) is 5.69 Å². The molecule has 1 aromatic heterocycles. The molecule has 8 nitrogen and oxygen atoms in total. The van der Waals surface area contributed by atoms with Crippen molar-refractivity contribution in [3.05, 3.63) is 59.8 Å². The van der Waals surface area contributed by atoms with Gasteiger partial charge in [-0.2, -0.15) is 0 Å². The van der Waals surface area contributed by atoms with Gasteiger partial charge in [0.25, 0.3) is 0 Å². The van der Waals surface area contributed by atoms with Crippen molar-refractivity contribution in [2.45, 2.75) is 19.9 Å². The average molecular weight is 419 g/mol. The largest absolute Gasteiger partial charge is 0.454 e. The number of ether oxygens (including phenoxy) is 2. The highest BCUT2D eigenvalue weighted by atomic mass is 16.7. The lowest BCUT2D eigenvalue weighted by Gasteiger charge is -2.16. The van der Waals surface area contributed by atoms with Crippen LogP contribution >= 0.6 is 0 Å². The first-order chi connectivity index (χ1) is 15.1. The van der Waals surface area contributed by atoms with Gasteiger partial charge in [0, 0.05) is 30.3 Å². The second-order valence-corrected chi connectivity index (χ2v) is 7.71. The molecule has 5 rings (SSSR count). The highest BCUT2D eigenvalue weighted by Gasteiger charge is 2.35. The summed E-state index contributed by atoms with van der Waals surface area (Å²) in [7, 11) is 0. The number of anilines is 1. The van der Waals surface area contributed by atoms with Crippen molar-refractivity contribution in [3.63, 3.8) is 0 Å². The summed E-state index contributed by atoms with van der Waals surface area (Å²) in [4.78, 5) is 26.7. The predicted octanol–water partition coefficient (Wildman–Crippen LogP) is 3.05. The Hall–Kier alpha value is -3.81. The van der Waals surface area contributed by atoms with Crippen molar-refractivity contribution in [3.8, 4) is 22.8 Å². The number of carbonyl (C=O) groups excluding carboxylic acids is 2. The molecule has 0 radical (unpaired) electrons. The van der Waals surface area contributed by atoms with Crippen LogP contribution in [0, 0.1) is 12.8 Å². The van der Waals surface area contributed by atoms with E-state index in [2.05, 4.69) is 10.5 Å². The maximum absolute atomic E-state index is 12.6. The molecule has 0 saturated carbocycles. The fraction of sp³-hybridized carbons (Fsp3) is 0.261. The van der Waals surface area contributed by atoms with Crippen LogP contribution in [0.1, 0.15) is 17.7 Å². The molecular weight excluding hydrogens is 398 g/mol. The number of fused-ring (bicyclic) bond motifs is 1. The summed E-state index contributed by atoms with van der Waals surface area (Å²) in [5.74, 6) is 1.32. The van der Waals surface area contributed by atoms with E-state index in [-0.39, 0.29) is 31.6 Å². The number of aryl methyl sites for hydroxylation is 1. The Morgan fingerprint density at radius 2 is 1.94 bits per heavy atom. The smallest absolute Gasteiger partial charge is 0.231 e. The highest BCUT2D eigenvalue weighted by Crippen LogP contribution is 2.36.